The second kappa shape index (κ2) is 4.51. The zero-order valence-electron chi connectivity index (χ0n) is 10.1. The van der Waals surface area contributed by atoms with Crippen LogP contribution in [0.1, 0.15) is 12.0 Å². The summed E-state index contributed by atoms with van der Waals surface area (Å²) >= 11 is 0. The Morgan fingerprint density at radius 2 is 2.06 bits per heavy atom. The van der Waals surface area contributed by atoms with Crippen molar-refractivity contribution in [3.05, 3.63) is 36.0 Å². The van der Waals surface area contributed by atoms with Gasteiger partial charge < -0.3 is 14.0 Å². The van der Waals surface area contributed by atoms with Crippen LogP contribution in [0.3, 0.4) is 0 Å². The van der Waals surface area contributed by atoms with E-state index in [1.54, 1.807) is 0 Å². The van der Waals surface area contributed by atoms with Crippen LogP contribution in [0.15, 0.2) is 30.5 Å². The molecule has 1 aromatic carbocycles. The van der Waals surface area contributed by atoms with Gasteiger partial charge in [0.05, 0.1) is 13.2 Å². The smallest absolute Gasteiger partial charge is 0.159 e. The summed E-state index contributed by atoms with van der Waals surface area (Å²) in [6, 6.07) is 8.72. The first-order valence-corrected chi connectivity index (χ1v) is 6.12. The van der Waals surface area contributed by atoms with Crippen molar-refractivity contribution in [2.24, 2.45) is 0 Å². The molecule has 3 heteroatoms. The first kappa shape index (κ1) is 10.8. The highest BCUT2D eigenvalue weighted by molar-refractivity contribution is 5.80. The van der Waals surface area contributed by atoms with Gasteiger partial charge in [0.15, 0.2) is 6.29 Å². The van der Waals surface area contributed by atoms with E-state index in [9.17, 15) is 0 Å². The van der Waals surface area contributed by atoms with Crippen LogP contribution in [0, 0.1) is 6.92 Å². The van der Waals surface area contributed by atoms with Crippen LogP contribution in [-0.4, -0.2) is 24.1 Å². The molecule has 17 heavy (non-hydrogen) atoms. The molecule has 0 N–H and O–H groups in total. The third-order valence-corrected chi connectivity index (χ3v) is 3.22. The quantitative estimate of drug-likeness (QED) is 0.810. The number of aryl methyl sites for hydroxylation is 2. The molecule has 2 heterocycles. The lowest BCUT2D eigenvalue weighted by Gasteiger charge is -2.10. The summed E-state index contributed by atoms with van der Waals surface area (Å²) in [5.74, 6) is 0. The number of rotatable bonds is 3. The lowest BCUT2D eigenvalue weighted by Crippen LogP contribution is -2.11. The predicted octanol–water partition coefficient (Wildman–Crippen LogP) is 2.71. The summed E-state index contributed by atoms with van der Waals surface area (Å²) in [6.07, 6.45) is 3.04. The van der Waals surface area contributed by atoms with Gasteiger partial charge in [0.1, 0.15) is 0 Å². The Labute approximate surface area is 101 Å². The fraction of sp³-hybridized carbons (Fsp3) is 0.429. The number of aromatic nitrogens is 1. The van der Waals surface area contributed by atoms with Crippen molar-refractivity contribution < 1.29 is 9.47 Å². The first-order chi connectivity index (χ1) is 8.33. The summed E-state index contributed by atoms with van der Waals surface area (Å²) in [5.41, 5.74) is 2.59. The van der Waals surface area contributed by atoms with Crippen LogP contribution >= 0.6 is 0 Å². The average molecular weight is 231 g/mol. The second-order valence-corrected chi connectivity index (χ2v) is 4.53. The van der Waals surface area contributed by atoms with E-state index in [-0.39, 0.29) is 6.29 Å². The van der Waals surface area contributed by atoms with E-state index < -0.39 is 0 Å². The molecule has 0 unspecified atom stereocenters. The summed E-state index contributed by atoms with van der Waals surface area (Å²) in [6.45, 7) is 4.53. The van der Waals surface area contributed by atoms with Crippen LogP contribution in [0.4, 0.5) is 0 Å². The summed E-state index contributed by atoms with van der Waals surface area (Å²) in [7, 11) is 0. The Hall–Kier alpha value is -1.32. The SMILES string of the molecule is Cc1ccc2c(ccn2CCC2OCCO2)c1. The largest absolute Gasteiger partial charge is 0.350 e. The number of hydrogen-bond acceptors (Lipinski definition) is 2. The molecular weight excluding hydrogens is 214 g/mol. The van der Waals surface area contributed by atoms with Crippen molar-refractivity contribution >= 4 is 10.9 Å². The molecule has 0 aliphatic carbocycles. The van der Waals surface area contributed by atoms with Crippen molar-refractivity contribution in [3.8, 4) is 0 Å². The monoisotopic (exact) mass is 231 g/mol. The molecule has 90 valence electrons. The zero-order valence-corrected chi connectivity index (χ0v) is 10.1. The average Bonchev–Trinajstić information content (AvgIpc) is 2.94. The first-order valence-electron chi connectivity index (χ1n) is 6.12. The van der Waals surface area contributed by atoms with Crippen molar-refractivity contribution in [1.82, 2.24) is 4.57 Å². The van der Waals surface area contributed by atoms with Gasteiger partial charge in [-0.3, -0.25) is 0 Å². The number of fused-ring (bicyclic) bond motifs is 1. The maximum atomic E-state index is 5.45. The van der Waals surface area contributed by atoms with Gasteiger partial charge >= 0.3 is 0 Å². The van der Waals surface area contributed by atoms with E-state index in [1.807, 2.05) is 0 Å². The van der Waals surface area contributed by atoms with Crippen molar-refractivity contribution in [1.29, 1.82) is 0 Å². The lowest BCUT2D eigenvalue weighted by molar-refractivity contribution is -0.0488. The van der Waals surface area contributed by atoms with Crippen LogP contribution < -0.4 is 0 Å². The highest BCUT2D eigenvalue weighted by atomic mass is 16.7. The molecule has 1 aromatic heterocycles. The van der Waals surface area contributed by atoms with Crippen molar-refractivity contribution in [2.75, 3.05) is 13.2 Å². The highest BCUT2D eigenvalue weighted by Gasteiger charge is 2.15. The third kappa shape index (κ3) is 2.21. The maximum absolute atomic E-state index is 5.45. The molecule has 3 nitrogen and oxygen atoms in total. The minimum absolute atomic E-state index is 0.0158. The molecule has 0 atom stereocenters. The molecule has 3 rings (SSSR count). The molecule has 0 spiro atoms. The standard InChI is InChI=1S/C14H17NO2/c1-11-2-3-13-12(10-11)4-6-15(13)7-5-14-16-8-9-17-14/h2-4,6,10,14H,5,7-9H2,1H3. The molecule has 0 radical (unpaired) electrons. The van der Waals surface area contributed by atoms with E-state index in [4.69, 9.17) is 9.47 Å². The maximum Gasteiger partial charge on any atom is 0.159 e. The fourth-order valence-electron chi connectivity index (χ4n) is 2.33. The lowest BCUT2D eigenvalue weighted by atomic mass is 10.2. The summed E-state index contributed by atoms with van der Waals surface area (Å²) in [5, 5.41) is 1.30. The highest BCUT2D eigenvalue weighted by Crippen LogP contribution is 2.19. The molecule has 0 bridgehead atoms. The minimum Gasteiger partial charge on any atom is -0.350 e. The Kier molecular flexibility index (Phi) is 2.87. The number of benzene rings is 1. The van der Waals surface area contributed by atoms with Gasteiger partial charge in [0.2, 0.25) is 0 Å². The van der Waals surface area contributed by atoms with Gasteiger partial charge in [-0.05, 0) is 30.5 Å². The van der Waals surface area contributed by atoms with E-state index in [2.05, 4.69) is 42.0 Å². The third-order valence-electron chi connectivity index (χ3n) is 3.22. The Morgan fingerprint density at radius 3 is 2.88 bits per heavy atom. The molecule has 1 fully saturated rings. The van der Waals surface area contributed by atoms with Gasteiger partial charge in [0.25, 0.3) is 0 Å². The molecule has 0 amide bonds. The molecule has 1 saturated heterocycles. The van der Waals surface area contributed by atoms with E-state index in [0.29, 0.717) is 0 Å². The molecule has 1 aliphatic heterocycles. The molecular formula is C14H17NO2. The van der Waals surface area contributed by atoms with Gasteiger partial charge in [-0.2, -0.15) is 0 Å². The summed E-state index contributed by atoms with van der Waals surface area (Å²) in [4.78, 5) is 0. The normalized spacial score (nSPS) is 17.0. The number of nitrogens with zero attached hydrogens (tertiary/aromatic N) is 1. The van der Waals surface area contributed by atoms with E-state index in [0.717, 1.165) is 26.2 Å². The zero-order chi connectivity index (χ0) is 11.7. The van der Waals surface area contributed by atoms with Gasteiger partial charge in [-0.25, -0.2) is 0 Å². The number of ether oxygens (including phenoxy) is 2. The Balaban J connectivity index is 1.76. The predicted molar refractivity (Wildman–Crippen MR) is 67.0 cm³/mol. The minimum atomic E-state index is -0.0158. The van der Waals surface area contributed by atoms with Crippen molar-refractivity contribution in [3.63, 3.8) is 0 Å². The summed E-state index contributed by atoms with van der Waals surface area (Å²) < 4.78 is 13.2. The van der Waals surface area contributed by atoms with Crippen LogP contribution in [0.25, 0.3) is 10.9 Å². The Bertz CT molecular complexity index is 512. The van der Waals surface area contributed by atoms with E-state index >= 15 is 0 Å². The fourth-order valence-corrected chi connectivity index (χ4v) is 2.33. The second-order valence-electron chi connectivity index (χ2n) is 4.53. The Morgan fingerprint density at radius 1 is 1.24 bits per heavy atom. The molecule has 2 aromatic rings. The number of hydrogen-bond donors (Lipinski definition) is 0. The van der Waals surface area contributed by atoms with E-state index in [1.165, 1.54) is 16.5 Å². The van der Waals surface area contributed by atoms with Gasteiger partial charge in [0, 0.05) is 24.7 Å². The van der Waals surface area contributed by atoms with Crippen LogP contribution in [0.5, 0.6) is 0 Å². The van der Waals surface area contributed by atoms with Crippen LogP contribution in [0.2, 0.25) is 0 Å². The van der Waals surface area contributed by atoms with Gasteiger partial charge in [-0.1, -0.05) is 11.6 Å². The van der Waals surface area contributed by atoms with Gasteiger partial charge in [-0.15, -0.1) is 0 Å². The van der Waals surface area contributed by atoms with Crippen molar-refractivity contribution in [2.45, 2.75) is 26.2 Å². The molecule has 1 aliphatic rings. The topological polar surface area (TPSA) is 23.4 Å². The van der Waals surface area contributed by atoms with Crippen LogP contribution in [-0.2, 0) is 16.0 Å². The molecule has 0 saturated carbocycles.